The standard InChI is InChI=1S/C26H34N2O6/c1-2-3-20-4-7-24(31)22(16-20)18-27(12-14-29)10-11-28(13-15-30)19-23-17-21(5-8-25(23)32)6-9-26(33)34/h4-5,7-8,14-17,31-32H,2-3,6,9-13,18-19H2,1H3,(H,33,34). The molecule has 0 saturated carbocycles. The van der Waals surface area contributed by atoms with Crippen molar-refractivity contribution in [3.05, 3.63) is 58.7 Å². The molecule has 0 unspecified atom stereocenters. The van der Waals surface area contributed by atoms with Crippen LogP contribution in [0.2, 0.25) is 0 Å². The molecule has 0 aromatic heterocycles. The number of aryl methyl sites for hydroxylation is 2. The van der Waals surface area contributed by atoms with Crippen molar-refractivity contribution in [3.63, 3.8) is 0 Å². The van der Waals surface area contributed by atoms with Crippen molar-refractivity contribution in [2.75, 3.05) is 26.2 Å². The molecule has 0 spiro atoms. The first kappa shape index (κ1) is 27.0. The molecule has 0 atom stereocenters. The van der Waals surface area contributed by atoms with Gasteiger partial charge < -0.3 is 24.9 Å². The third-order valence-electron chi connectivity index (χ3n) is 5.64. The average molecular weight is 471 g/mol. The number of aldehydes is 2. The number of nitrogens with zero attached hydrogens (tertiary/aromatic N) is 2. The number of aromatic hydroxyl groups is 2. The van der Waals surface area contributed by atoms with Crippen LogP contribution in [0, 0.1) is 0 Å². The summed E-state index contributed by atoms with van der Waals surface area (Å²) in [6.45, 7) is 4.05. The summed E-state index contributed by atoms with van der Waals surface area (Å²) in [5, 5.41) is 29.4. The van der Waals surface area contributed by atoms with Crippen LogP contribution >= 0.6 is 0 Å². The lowest BCUT2D eigenvalue weighted by Gasteiger charge is -2.26. The van der Waals surface area contributed by atoms with Crippen molar-refractivity contribution in [1.82, 2.24) is 9.80 Å². The second-order valence-corrected chi connectivity index (χ2v) is 8.37. The fraction of sp³-hybridized carbons (Fsp3) is 0.423. The van der Waals surface area contributed by atoms with Gasteiger partial charge in [-0.1, -0.05) is 37.6 Å². The number of aliphatic carboxylic acids is 1. The highest BCUT2D eigenvalue weighted by Gasteiger charge is 2.14. The van der Waals surface area contributed by atoms with Gasteiger partial charge in [0.05, 0.1) is 13.1 Å². The van der Waals surface area contributed by atoms with E-state index in [0.717, 1.165) is 42.1 Å². The molecule has 3 N–H and O–H groups in total. The minimum Gasteiger partial charge on any atom is -0.508 e. The van der Waals surface area contributed by atoms with E-state index in [9.17, 15) is 24.6 Å². The maximum absolute atomic E-state index is 11.3. The second kappa shape index (κ2) is 14.1. The fourth-order valence-electron chi connectivity index (χ4n) is 3.83. The van der Waals surface area contributed by atoms with Crippen molar-refractivity contribution in [2.45, 2.75) is 45.7 Å². The first-order valence-corrected chi connectivity index (χ1v) is 11.5. The summed E-state index contributed by atoms with van der Waals surface area (Å²) in [4.78, 5) is 37.1. The monoisotopic (exact) mass is 470 g/mol. The fourth-order valence-corrected chi connectivity index (χ4v) is 3.83. The van der Waals surface area contributed by atoms with E-state index in [-0.39, 0.29) is 31.0 Å². The topological polar surface area (TPSA) is 118 Å². The van der Waals surface area contributed by atoms with E-state index in [0.29, 0.717) is 38.2 Å². The van der Waals surface area contributed by atoms with Crippen LogP contribution in [-0.4, -0.2) is 69.8 Å². The van der Waals surface area contributed by atoms with Gasteiger partial charge in [-0.3, -0.25) is 14.6 Å². The zero-order chi connectivity index (χ0) is 24.9. The van der Waals surface area contributed by atoms with Crippen LogP contribution in [0.5, 0.6) is 11.5 Å². The third kappa shape index (κ3) is 8.96. The number of benzene rings is 2. The molecule has 8 nitrogen and oxygen atoms in total. The molecule has 0 bridgehead atoms. The minimum atomic E-state index is -0.890. The van der Waals surface area contributed by atoms with Crippen LogP contribution in [0.25, 0.3) is 0 Å². The van der Waals surface area contributed by atoms with Crippen molar-refractivity contribution >= 4 is 18.5 Å². The van der Waals surface area contributed by atoms with Crippen LogP contribution in [0.4, 0.5) is 0 Å². The normalized spacial score (nSPS) is 11.1. The van der Waals surface area contributed by atoms with E-state index in [2.05, 4.69) is 6.92 Å². The van der Waals surface area contributed by atoms with E-state index in [1.54, 1.807) is 18.2 Å². The van der Waals surface area contributed by atoms with Gasteiger partial charge in [-0.15, -0.1) is 0 Å². The summed E-state index contributed by atoms with van der Waals surface area (Å²) in [7, 11) is 0. The Morgan fingerprint density at radius 2 is 1.29 bits per heavy atom. The Morgan fingerprint density at radius 1 is 0.824 bits per heavy atom. The van der Waals surface area contributed by atoms with Gasteiger partial charge in [0.25, 0.3) is 0 Å². The smallest absolute Gasteiger partial charge is 0.303 e. The summed E-state index contributed by atoms with van der Waals surface area (Å²) in [5.41, 5.74) is 3.28. The summed E-state index contributed by atoms with van der Waals surface area (Å²) in [6.07, 6.45) is 3.85. The van der Waals surface area contributed by atoms with Crippen LogP contribution in [-0.2, 0) is 40.3 Å². The molecule has 0 heterocycles. The zero-order valence-corrected chi connectivity index (χ0v) is 19.7. The maximum Gasteiger partial charge on any atom is 0.303 e. The molecule has 2 aromatic carbocycles. The molecule has 0 aliphatic heterocycles. The molecule has 184 valence electrons. The van der Waals surface area contributed by atoms with Gasteiger partial charge in [-0.25, -0.2) is 0 Å². The number of carboxylic acids is 1. The summed E-state index contributed by atoms with van der Waals surface area (Å²) >= 11 is 0. The Bertz CT molecular complexity index is 962. The molecule has 0 aliphatic carbocycles. The number of phenolic OH excluding ortho intramolecular Hbond substituents is 2. The van der Waals surface area contributed by atoms with Crippen molar-refractivity contribution < 1.29 is 29.7 Å². The molecule has 34 heavy (non-hydrogen) atoms. The SMILES string of the molecule is CCCc1ccc(O)c(CN(CC=O)CCN(CC=O)Cc2cc(CCC(=O)O)ccc2O)c1. The lowest BCUT2D eigenvalue weighted by molar-refractivity contribution is -0.137. The highest BCUT2D eigenvalue weighted by molar-refractivity contribution is 5.67. The lowest BCUT2D eigenvalue weighted by Crippen LogP contribution is -2.36. The Hall–Kier alpha value is -3.23. The van der Waals surface area contributed by atoms with Crippen molar-refractivity contribution in [2.24, 2.45) is 0 Å². The Kier molecular flexibility index (Phi) is 11.2. The van der Waals surface area contributed by atoms with E-state index in [1.165, 1.54) is 6.07 Å². The first-order chi connectivity index (χ1) is 16.4. The summed E-state index contributed by atoms with van der Waals surface area (Å²) in [5.74, 6) is -0.625. The second-order valence-electron chi connectivity index (χ2n) is 8.37. The molecular formula is C26H34N2O6. The molecule has 0 amide bonds. The van der Waals surface area contributed by atoms with Gasteiger partial charge in [0, 0.05) is 43.7 Å². The van der Waals surface area contributed by atoms with Gasteiger partial charge in [0.15, 0.2) is 0 Å². The Labute approximate surface area is 200 Å². The molecule has 0 saturated heterocycles. The molecule has 2 aromatic rings. The predicted octanol–water partition coefficient (Wildman–Crippen LogP) is 2.77. The number of carbonyl (C=O) groups excluding carboxylic acids is 2. The largest absolute Gasteiger partial charge is 0.508 e. The average Bonchev–Trinajstić information content (AvgIpc) is 2.80. The summed E-state index contributed by atoms with van der Waals surface area (Å²) in [6, 6.07) is 10.5. The van der Waals surface area contributed by atoms with Crippen LogP contribution in [0.3, 0.4) is 0 Å². The zero-order valence-electron chi connectivity index (χ0n) is 19.7. The summed E-state index contributed by atoms with van der Waals surface area (Å²) < 4.78 is 0. The lowest BCUT2D eigenvalue weighted by atomic mass is 10.0. The van der Waals surface area contributed by atoms with E-state index in [1.807, 2.05) is 21.9 Å². The Balaban J connectivity index is 2.08. The molecule has 0 fully saturated rings. The number of carboxylic acid groups (broad SMARTS) is 1. The van der Waals surface area contributed by atoms with Gasteiger partial charge in [-0.05, 0) is 36.1 Å². The van der Waals surface area contributed by atoms with Crippen LogP contribution < -0.4 is 0 Å². The van der Waals surface area contributed by atoms with E-state index >= 15 is 0 Å². The van der Waals surface area contributed by atoms with Crippen molar-refractivity contribution in [1.29, 1.82) is 0 Å². The van der Waals surface area contributed by atoms with E-state index < -0.39 is 5.97 Å². The highest BCUT2D eigenvalue weighted by atomic mass is 16.4. The molecule has 0 aliphatic rings. The van der Waals surface area contributed by atoms with Crippen molar-refractivity contribution in [3.8, 4) is 11.5 Å². The quantitative estimate of drug-likeness (QED) is 0.321. The minimum absolute atomic E-state index is 0.00474. The molecule has 8 heteroatoms. The first-order valence-electron chi connectivity index (χ1n) is 11.5. The number of carbonyl (C=O) groups is 3. The van der Waals surface area contributed by atoms with Gasteiger partial charge >= 0.3 is 5.97 Å². The van der Waals surface area contributed by atoms with Crippen LogP contribution in [0.1, 0.15) is 42.0 Å². The molecular weight excluding hydrogens is 436 g/mol. The molecule has 2 rings (SSSR count). The Morgan fingerprint density at radius 3 is 1.71 bits per heavy atom. The molecule has 0 radical (unpaired) electrons. The van der Waals surface area contributed by atoms with E-state index in [4.69, 9.17) is 5.11 Å². The maximum atomic E-state index is 11.3. The number of hydrogen-bond acceptors (Lipinski definition) is 7. The predicted molar refractivity (Wildman–Crippen MR) is 129 cm³/mol. The van der Waals surface area contributed by atoms with Gasteiger partial charge in [0.2, 0.25) is 0 Å². The van der Waals surface area contributed by atoms with Gasteiger partial charge in [0.1, 0.15) is 24.1 Å². The third-order valence-corrected chi connectivity index (χ3v) is 5.64. The van der Waals surface area contributed by atoms with Gasteiger partial charge in [-0.2, -0.15) is 0 Å². The van der Waals surface area contributed by atoms with Crippen LogP contribution in [0.15, 0.2) is 36.4 Å². The number of rotatable bonds is 16. The number of hydrogen-bond donors (Lipinski definition) is 3. The highest BCUT2D eigenvalue weighted by Crippen LogP contribution is 2.23. The number of phenols is 2.